The Morgan fingerprint density at radius 3 is 2.00 bits per heavy atom. The van der Waals surface area contributed by atoms with Crippen molar-refractivity contribution in [2.24, 2.45) is 0 Å². The highest BCUT2D eigenvalue weighted by Gasteiger charge is 2.26. The topological polar surface area (TPSA) is 43.4 Å². The van der Waals surface area contributed by atoms with Crippen LogP contribution in [0.25, 0.3) is 0 Å². The number of halogens is 2. The first-order valence-electron chi connectivity index (χ1n) is 4.63. The molecule has 6 heteroatoms. The SMILES string of the molecule is CC(C)Oc1ccc(S(=O)(=O)C(F)F)cc1. The summed E-state index contributed by atoms with van der Waals surface area (Å²) >= 11 is 0. The van der Waals surface area contributed by atoms with E-state index in [9.17, 15) is 17.2 Å². The average molecular weight is 250 g/mol. The molecule has 0 aromatic heterocycles. The second-order valence-electron chi connectivity index (χ2n) is 3.44. The van der Waals surface area contributed by atoms with Crippen molar-refractivity contribution in [1.29, 1.82) is 0 Å². The molecule has 1 aromatic carbocycles. The van der Waals surface area contributed by atoms with E-state index >= 15 is 0 Å². The van der Waals surface area contributed by atoms with Gasteiger partial charge >= 0.3 is 5.76 Å². The Labute approximate surface area is 93.0 Å². The van der Waals surface area contributed by atoms with Crippen LogP contribution in [0.4, 0.5) is 8.78 Å². The van der Waals surface area contributed by atoms with Gasteiger partial charge in [-0.05, 0) is 38.1 Å². The minimum atomic E-state index is -4.51. The van der Waals surface area contributed by atoms with E-state index in [1.165, 1.54) is 12.1 Å². The maximum Gasteiger partial charge on any atom is 0.341 e. The van der Waals surface area contributed by atoms with Crippen LogP contribution in [0, 0.1) is 0 Å². The van der Waals surface area contributed by atoms with Crippen molar-refractivity contribution in [3.8, 4) is 5.75 Å². The summed E-state index contributed by atoms with van der Waals surface area (Å²) in [5.74, 6) is -2.95. The molecule has 0 aliphatic heterocycles. The van der Waals surface area contributed by atoms with Gasteiger partial charge in [-0.2, -0.15) is 8.78 Å². The molecular formula is C10H12F2O3S. The Kier molecular flexibility index (Phi) is 3.85. The van der Waals surface area contributed by atoms with Gasteiger partial charge in [0.05, 0.1) is 11.0 Å². The third-order valence-corrected chi connectivity index (χ3v) is 3.16. The van der Waals surface area contributed by atoms with Crippen LogP contribution in [0.5, 0.6) is 5.75 Å². The highest BCUT2D eigenvalue weighted by Crippen LogP contribution is 2.21. The van der Waals surface area contributed by atoms with Crippen molar-refractivity contribution in [3.05, 3.63) is 24.3 Å². The van der Waals surface area contributed by atoms with Crippen molar-refractivity contribution in [2.45, 2.75) is 30.6 Å². The smallest absolute Gasteiger partial charge is 0.341 e. The Balaban J connectivity index is 2.96. The van der Waals surface area contributed by atoms with Gasteiger partial charge in [-0.3, -0.25) is 0 Å². The molecular weight excluding hydrogens is 238 g/mol. The van der Waals surface area contributed by atoms with E-state index < -0.39 is 20.5 Å². The summed E-state index contributed by atoms with van der Waals surface area (Å²) < 4.78 is 51.8. The number of hydrogen-bond acceptors (Lipinski definition) is 3. The second kappa shape index (κ2) is 4.78. The molecule has 0 atom stereocenters. The quantitative estimate of drug-likeness (QED) is 0.824. The summed E-state index contributed by atoms with van der Waals surface area (Å²) in [5, 5.41) is 0. The van der Waals surface area contributed by atoms with Gasteiger partial charge < -0.3 is 4.74 Å². The lowest BCUT2D eigenvalue weighted by Crippen LogP contribution is -2.11. The van der Waals surface area contributed by atoms with Gasteiger partial charge in [0.25, 0.3) is 0 Å². The van der Waals surface area contributed by atoms with Gasteiger partial charge in [0, 0.05) is 0 Å². The fourth-order valence-corrected chi connectivity index (χ4v) is 1.80. The number of hydrogen-bond donors (Lipinski definition) is 0. The van der Waals surface area contributed by atoms with Crippen molar-refractivity contribution in [3.63, 3.8) is 0 Å². The molecule has 0 bridgehead atoms. The second-order valence-corrected chi connectivity index (χ2v) is 5.36. The molecule has 0 aliphatic carbocycles. The number of rotatable bonds is 4. The summed E-state index contributed by atoms with van der Waals surface area (Å²) in [5.41, 5.74) is 0. The number of ether oxygens (including phenoxy) is 1. The third kappa shape index (κ3) is 2.91. The Morgan fingerprint density at radius 2 is 1.62 bits per heavy atom. The molecule has 0 spiro atoms. The molecule has 16 heavy (non-hydrogen) atoms. The molecule has 3 nitrogen and oxygen atoms in total. The van der Waals surface area contributed by atoms with Crippen LogP contribution >= 0.6 is 0 Å². The molecule has 90 valence electrons. The highest BCUT2D eigenvalue weighted by molar-refractivity contribution is 7.91. The van der Waals surface area contributed by atoms with Gasteiger partial charge in [-0.25, -0.2) is 8.42 Å². The maximum absolute atomic E-state index is 12.2. The Bertz CT molecular complexity index is 438. The summed E-state index contributed by atoms with van der Waals surface area (Å²) in [4.78, 5) is -0.404. The maximum atomic E-state index is 12.2. The predicted octanol–water partition coefficient (Wildman–Crippen LogP) is 2.47. The number of alkyl halides is 2. The lowest BCUT2D eigenvalue weighted by Gasteiger charge is -2.10. The zero-order chi connectivity index (χ0) is 12.3. The first-order valence-corrected chi connectivity index (χ1v) is 6.17. The van der Waals surface area contributed by atoms with E-state index in [-0.39, 0.29) is 6.10 Å². The van der Waals surface area contributed by atoms with E-state index in [1.807, 2.05) is 13.8 Å². The normalized spacial score (nSPS) is 12.1. The summed E-state index contributed by atoms with van der Waals surface area (Å²) in [6.07, 6.45) is -0.0578. The van der Waals surface area contributed by atoms with Crippen molar-refractivity contribution >= 4 is 9.84 Å². The fourth-order valence-electron chi connectivity index (χ4n) is 1.08. The van der Waals surface area contributed by atoms with Crippen LogP contribution in [0.1, 0.15) is 13.8 Å². The minimum absolute atomic E-state index is 0.0578. The largest absolute Gasteiger partial charge is 0.491 e. The molecule has 0 aliphatic rings. The van der Waals surface area contributed by atoms with Gasteiger partial charge in [0.15, 0.2) is 0 Å². The summed E-state index contributed by atoms with van der Waals surface area (Å²) in [7, 11) is -4.51. The van der Waals surface area contributed by atoms with Crippen molar-refractivity contribution in [1.82, 2.24) is 0 Å². The molecule has 1 aromatic rings. The van der Waals surface area contributed by atoms with Crippen LogP contribution in [0.2, 0.25) is 0 Å². The lowest BCUT2D eigenvalue weighted by atomic mass is 10.3. The molecule has 0 saturated carbocycles. The summed E-state index contributed by atoms with van der Waals surface area (Å²) in [6, 6.07) is 4.93. The Hall–Kier alpha value is -1.17. The third-order valence-electron chi connectivity index (χ3n) is 1.76. The Morgan fingerprint density at radius 1 is 1.12 bits per heavy atom. The van der Waals surface area contributed by atoms with Gasteiger partial charge in [0.1, 0.15) is 5.75 Å². The molecule has 0 N–H and O–H groups in total. The van der Waals surface area contributed by atoms with Crippen LogP contribution in [0.3, 0.4) is 0 Å². The van der Waals surface area contributed by atoms with Crippen LogP contribution in [-0.4, -0.2) is 20.3 Å². The average Bonchev–Trinajstić information content (AvgIpc) is 2.17. The first kappa shape index (κ1) is 12.9. The number of benzene rings is 1. The van der Waals surface area contributed by atoms with Crippen LogP contribution < -0.4 is 4.74 Å². The molecule has 0 heterocycles. The lowest BCUT2D eigenvalue weighted by molar-refractivity contribution is 0.234. The molecule has 1 rings (SSSR count). The fraction of sp³-hybridized carbons (Fsp3) is 0.400. The first-order chi connectivity index (χ1) is 7.34. The van der Waals surface area contributed by atoms with Crippen LogP contribution in [-0.2, 0) is 9.84 Å². The number of sulfone groups is 1. The summed E-state index contributed by atoms with van der Waals surface area (Å²) in [6.45, 7) is 3.62. The van der Waals surface area contributed by atoms with Crippen molar-refractivity contribution in [2.75, 3.05) is 0 Å². The molecule has 0 saturated heterocycles. The van der Waals surface area contributed by atoms with E-state index in [1.54, 1.807) is 0 Å². The zero-order valence-electron chi connectivity index (χ0n) is 8.85. The predicted molar refractivity (Wildman–Crippen MR) is 55.4 cm³/mol. The van der Waals surface area contributed by atoms with E-state index in [4.69, 9.17) is 4.74 Å². The van der Waals surface area contributed by atoms with Gasteiger partial charge in [0.2, 0.25) is 9.84 Å². The molecule has 0 radical (unpaired) electrons. The van der Waals surface area contributed by atoms with E-state index in [0.29, 0.717) is 5.75 Å². The monoisotopic (exact) mass is 250 g/mol. The van der Waals surface area contributed by atoms with E-state index in [2.05, 4.69) is 0 Å². The molecule has 0 unspecified atom stereocenters. The van der Waals surface area contributed by atoms with Crippen molar-refractivity contribution < 1.29 is 21.9 Å². The van der Waals surface area contributed by atoms with Crippen LogP contribution in [0.15, 0.2) is 29.2 Å². The van der Waals surface area contributed by atoms with E-state index in [0.717, 1.165) is 12.1 Å². The highest BCUT2D eigenvalue weighted by atomic mass is 32.2. The van der Waals surface area contributed by atoms with Gasteiger partial charge in [-0.15, -0.1) is 0 Å². The zero-order valence-corrected chi connectivity index (χ0v) is 9.67. The molecule has 0 amide bonds. The van der Waals surface area contributed by atoms with Gasteiger partial charge in [-0.1, -0.05) is 0 Å². The standard InChI is InChI=1S/C10H12F2O3S/c1-7(2)15-8-3-5-9(6-4-8)16(13,14)10(11)12/h3-7,10H,1-2H3. The minimum Gasteiger partial charge on any atom is -0.491 e. The molecule has 0 fully saturated rings.